The summed E-state index contributed by atoms with van der Waals surface area (Å²) in [6.07, 6.45) is 0.473. The zero-order chi connectivity index (χ0) is 15.4. The number of ketones is 1. The van der Waals surface area contributed by atoms with E-state index in [2.05, 4.69) is 18.7 Å². The summed E-state index contributed by atoms with van der Waals surface area (Å²) in [6, 6.07) is 5.70. The van der Waals surface area contributed by atoms with Gasteiger partial charge >= 0.3 is 0 Å². The molecule has 2 atom stereocenters. The molecule has 0 saturated carbocycles. The van der Waals surface area contributed by atoms with Crippen molar-refractivity contribution >= 4 is 5.78 Å². The van der Waals surface area contributed by atoms with Gasteiger partial charge in [0.05, 0.1) is 18.8 Å². The molecule has 1 aliphatic heterocycles. The van der Waals surface area contributed by atoms with Crippen LogP contribution < -0.4 is 4.74 Å². The molecular formula is C17H25NO3. The summed E-state index contributed by atoms with van der Waals surface area (Å²) in [4.78, 5) is 14.0. The van der Waals surface area contributed by atoms with E-state index in [0.29, 0.717) is 6.61 Å². The lowest BCUT2D eigenvalue weighted by Gasteiger charge is -2.35. The molecule has 1 saturated heterocycles. The van der Waals surface area contributed by atoms with Gasteiger partial charge in [0.25, 0.3) is 0 Å². The van der Waals surface area contributed by atoms with Gasteiger partial charge in [0, 0.05) is 30.8 Å². The first-order chi connectivity index (χ1) is 9.99. The molecule has 2 unspecified atom stereocenters. The molecule has 0 bridgehead atoms. The van der Waals surface area contributed by atoms with Crippen molar-refractivity contribution in [2.45, 2.75) is 46.4 Å². The van der Waals surface area contributed by atoms with Crippen LogP contribution in [-0.4, -0.2) is 42.6 Å². The number of hydrogen-bond donors (Lipinski definition) is 0. The Kier molecular flexibility index (Phi) is 5.37. The Balaban J connectivity index is 2.19. The fourth-order valence-electron chi connectivity index (χ4n) is 2.87. The summed E-state index contributed by atoms with van der Waals surface area (Å²) in [6.45, 7) is 11.0. The van der Waals surface area contributed by atoms with Gasteiger partial charge in [-0.1, -0.05) is 0 Å². The van der Waals surface area contributed by atoms with Gasteiger partial charge in [0.1, 0.15) is 5.75 Å². The van der Waals surface area contributed by atoms with Crippen molar-refractivity contribution in [2.75, 3.05) is 19.7 Å². The molecule has 21 heavy (non-hydrogen) atoms. The minimum Gasteiger partial charge on any atom is -0.494 e. The standard InChI is InChI=1S/C17H25NO3/c1-5-20-17-7-6-15(14(4)19)8-16(17)11-18-9-12(2)21-13(3)10-18/h6-8,12-13H,5,9-11H2,1-4H3. The third-order valence-corrected chi connectivity index (χ3v) is 3.66. The van der Waals surface area contributed by atoms with Crippen LogP contribution in [-0.2, 0) is 11.3 Å². The third kappa shape index (κ3) is 4.29. The molecule has 116 valence electrons. The number of morpholine rings is 1. The third-order valence-electron chi connectivity index (χ3n) is 3.66. The van der Waals surface area contributed by atoms with Crippen molar-refractivity contribution in [1.82, 2.24) is 4.90 Å². The second-order valence-corrected chi connectivity index (χ2v) is 5.76. The number of benzene rings is 1. The first-order valence-corrected chi connectivity index (χ1v) is 7.64. The van der Waals surface area contributed by atoms with Crippen molar-refractivity contribution in [2.24, 2.45) is 0 Å². The van der Waals surface area contributed by atoms with Crippen molar-refractivity contribution in [3.8, 4) is 5.75 Å². The molecule has 0 spiro atoms. The van der Waals surface area contributed by atoms with E-state index in [-0.39, 0.29) is 18.0 Å². The maximum absolute atomic E-state index is 11.6. The number of ether oxygens (including phenoxy) is 2. The van der Waals surface area contributed by atoms with Crippen molar-refractivity contribution in [3.63, 3.8) is 0 Å². The molecule has 4 nitrogen and oxygen atoms in total. The van der Waals surface area contributed by atoms with Crippen LogP contribution in [0.25, 0.3) is 0 Å². The topological polar surface area (TPSA) is 38.8 Å². The van der Waals surface area contributed by atoms with Crippen LogP contribution in [0.15, 0.2) is 18.2 Å². The minimum atomic E-state index is 0.0861. The highest BCUT2D eigenvalue weighted by Crippen LogP contribution is 2.24. The molecule has 1 aromatic rings. The summed E-state index contributed by atoms with van der Waals surface area (Å²) in [5.74, 6) is 0.956. The smallest absolute Gasteiger partial charge is 0.159 e. The summed E-state index contributed by atoms with van der Waals surface area (Å²) in [5.41, 5.74) is 1.81. The summed E-state index contributed by atoms with van der Waals surface area (Å²) in [5, 5.41) is 0. The molecule has 0 radical (unpaired) electrons. The van der Waals surface area contributed by atoms with Gasteiger partial charge in [0.15, 0.2) is 5.78 Å². The Morgan fingerprint density at radius 1 is 1.33 bits per heavy atom. The number of nitrogens with zero attached hydrogens (tertiary/aromatic N) is 1. The largest absolute Gasteiger partial charge is 0.494 e. The van der Waals surface area contributed by atoms with E-state index in [1.165, 1.54) is 0 Å². The van der Waals surface area contributed by atoms with Crippen molar-refractivity contribution in [3.05, 3.63) is 29.3 Å². The van der Waals surface area contributed by atoms with Gasteiger partial charge in [-0.05, 0) is 45.9 Å². The van der Waals surface area contributed by atoms with Crippen LogP contribution in [0, 0.1) is 0 Å². The zero-order valence-electron chi connectivity index (χ0n) is 13.4. The predicted molar refractivity (Wildman–Crippen MR) is 82.9 cm³/mol. The minimum absolute atomic E-state index is 0.0861. The number of rotatable bonds is 5. The SMILES string of the molecule is CCOc1ccc(C(C)=O)cc1CN1CC(C)OC(C)C1. The Hall–Kier alpha value is -1.39. The number of carbonyl (C=O) groups excluding carboxylic acids is 1. The molecule has 1 heterocycles. The lowest BCUT2D eigenvalue weighted by Crippen LogP contribution is -2.44. The highest BCUT2D eigenvalue weighted by atomic mass is 16.5. The average Bonchev–Trinajstić information content (AvgIpc) is 2.39. The molecule has 0 aromatic heterocycles. The van der Waals surface area contributed by atoms with E-state index >= 15 is 0 Å². The van der Waals surface area contributed by atoms with E-state index in [1.54, 1.807) is 6.92 Å². The highest BCUT2D eigenvalue weighted by Gasteiger charge is 2.23. The number of hydrogen-bond acceptors (Lipinski definition) is 4. The zero-order valence-corrected chi connectivity index (χ0v) is 13.4. The lowest BCUT2D eigenvalue weighted by molar-refractivity contribution is -0.0706. The molecule has 1 aliphatic rings. The molecule has 0 N–H and O–H groups in total. The average molecular weight is 291 g/mol. The Labute approximate surface area is 127 Å². The maximum atomic E-state index is 11.6. The Bertz CT molecular complexity index is 491. The predicted octanol–water partition coefficient (Wildman–Crippen LogP) is 2.90. The first-order valence-electron chi connectivity index (χ1n) is 7.64. The van der Waals surface area contributed by atoms with Crippen LogP contribution in [0.2, 0.25) is 0 Å². The molecule has 0 amide bonds. The van der Waals surface area contributed by atoms with E-state index in [9.17, 15) is 4.79 Å². The fourth-order valence-corrected chi connectivity index (χ4v) is 2.87. The molecule has 0 aliphatic carbocycles. The number of carbonyl (C=O) groups is 1. The van der Waals surface area contributed by atoms with E-state index in [1.807, 2.05) is 25.1 Å². The van der Waals surface area contributed by atoms with Crippen LogP contribution >= 0.6 is 0 Å². The quantitative estimate of drug-likeness (QED) is 0.782. The van der Waals surface area contributed by atoms with Crippen LogP contribution in [0.5, 0.6) is 5.75 Å². The second kappa shape index (κ2) is 7.05. The van der Waals surface area contributed by atoms with Gasteiger partial charge in [0.2, 0.25) is 0 Å². The van der Waals surface area contributed by atoms with Crippen LogP contribution in [0.4, 0.5) is 0 Å². The monoisotopic (exact) mass is 291 g/mol. The molecule has 1 aromatic carbocycles. The maximum Gasteiger partial charge on any atom is 0.159 e. The number of Topliss-reactive ketones (excluding diaryl/α,β-unsaturated/α-hetero) is 1. The van der Waals surface area contributed by atoms with Gasteiger partial charge in [-0.25, -0.2) is 0 Å². The van der Waals surface area contributed by atoms with Crippen molar-refractivity contribution in [1.29, 1.82) is 0 Å². The molecular weight excluding hydrogens is 266 g/mol. The van der Waals surface area contributed by atoms with Crippen molar-refractivity contribution < 1.29 is 14.3 Å². The Morgan fingerprint density at radius 2 is 2.00 bits per heavy atom. The van der Waals surface area contributed by atoms with Gasteiger partial charge < -0.3 is 9.47 Å². The van der Waals surface area contributed by atoms with E-state index in [4.69, 9.17) is 9.47 Å². The van der Waals surface area contributed by atoms with Crippen LogP contribution in [0.3, 0.4) is 0 Å². The second-order valence-electron chi connectivity index (χ2n) is 5.76. The van der Waals surface area contributed by atoms with Gasteiger partial charge in [-0.3, -0.25) is 9.69 Å². The molecule has 1 fully saturated rings. The summed E-state index contributed by atoms with van der Waals surface area (Å²) in [7, 11) is 0. The highest BCUT2D eigenvalue weighted by molar-refractivity contribution is 5.94. The Morgan fingerprint density at radius 3 is 2.57 bits per heavy atom. The van der Waals surface area contributed by atoms with Gasteiger partial charge in [-0.15, -0.1) is 0 Å². The van der Waals surface area contributed by atoms with Crippen LogP contribution in [0.1, 0.15) is 43.6 Å². The summed E-state index contributed by atoms with van der Waals surface area (Å²) < 4.78 is 11.5. The lowest BCUT2D eigenvalue weighted by atomic mass is 10.1. The fraction of sp³-hybridized carbons (Fsp3) is 0.588. The van der Waals surface area contributed by atoms with E-state index < -0.39 is 0 Å². The van der Waals surface area contributed by atoms with E-state index in [0.717, 1.165) is 36.5 Å². The first kappa shape index (κ1) is 16.0. The van der Waals surface area contributed by atoms with Gasteiger partial charge in [-0.2, -0.15) is 0 Å². The summed E-state index contributed by atoms with van der Waals surface area (Å²) >= 11 is 0. The normalized spacial score (nSPS) is 23.0. The molecule has 4 heteroatoms. The molecule has 2 rings (SSSR count).